The SMILES string of the molecule is Cc1[c-]nco1.[Re]. The van der Waals surface area contributed by atoms with E-state index in [9.17, 15) is 0 Å². The van der Waals surface area contributed by atoms with Crippen LogP contribution in [0, 0.1) is 13.1 Å². The predicted octanol–water partition coefficient (Wildman–Crippen LogP) is 0.781. The first-order valence-electron chi connectivity index (χ1n) is 1.67. The zero-order valence-electron chi connectivity index (χ0n) is 3.81. The van der Waals surface area contributed by atoms with Gasteiger partial charge in [-0.1, -0.05) is 0 Å². The minimum absolute atomic E-state index is 0. The number of aryl methyl sites for hydroxylation is 1. The van der Waals surface area contributed by atoms with Crippen LogP contribution < -0.4 is 0 Å². The number of hydrogen-bond acceptors (Lipinski definition) is 2. The van der Waals surface area contributed by atoms with Crippen LogP contribution in [0.1, 0.15) is 5.76 Å². The molecular weight excluding hydrogens is 264 g/mol. The molecule has 0 atom stereocenters. The van der Waals surface area contributed by atoms with E-state index < -0.39 is 0 Å². The third-order valence-electron chi connectivity index (χ3n) is 0.504. The molecule has 0 N–H and O–H groups in total. The molecule has 1 aromatic rings. The quantitative estimate of drug-likeness (QED) is 0.650. The number of aromatic nitrogens is 1. The van der Waals surface area contributed by atoms with Crippen molar-refractivity contribution in [1.82, 2.24) is 4.98 Å². The third kappa shape index (κ3) is 1.86. The minimum Gasteiger partial charge on any atom is -0.554 e. The third-order valence-corrected chi connectivity index (χ3v) is 0.504. The summed E-state index contributed by atoms with van der Waals surface area (Å²) >= 11 is 0. The number of nitrogens with zero attached hydrogens (tertiary/aromatic N) is 1. The van der Waals surface area contributed by atoms with Gasteiger partial charge in [0, 0.05) is 32.6 Å². The molecule has 0 unspecified atom stereocenters. The summed E-state index contributed by atoms with van der Waals surface area (Å²) in [5, 5.41) is 0. The average Bonchev–Trinajstić information content (AvgIpc) is 1.86. The van der Waals surface area contributed by atoms with Gasteiger partial charge in [-0.05, 0) is 6.92 Å². The fourth-order valence-electron chi connectivity index (χ4n) is 0.249. The van der Waals surface area contributed by atoms with E-state index >= 15 is 0 Å². The Morgan fingerprint density at radius 1 is 1.86 bits per heavy atom. The van der Waals surface area contributed by atoms with Gasteiger partial charge in [0.1, 0.15) is 0 Å². The van der Waals surface area contributed by atoms with Crippen molar-refractivity contribution in [2.75, 3.05) is 0 Å². The van der Waals surface area contributed by atoms with E-state index in [-0.39, 0.29) is 20.4 Å². The summed E-state index contributed by atoms with van der Waals surface area (Å²) in [5.41, 5.74) is 0. The summed E-state index contributed by atoms with van der Waals surface area (Å²) in [6.45, 7) is 1.80. The maximum atomic E-state index is 4.67. The largest absolute Gasteiger partial charge is 0.554 e. The number of rotatable bonds is 0. The van der Waals surface area contributed by atoms with E-state index in [1.165, 1.54) is 6.39 Å². The molecule has 1 rings (SSSR count). The summed E-state index contributed by atoms with van der Waals surface area (Å²) in [4.78, 5) is 3.53. The molecule has 0 amide bonds. The van der Waals surface area contributed by atoms with Gasteiger partial charge in [0.25, 0.3) is 0 Å². The zero-order valence-corrected chi connectivity index (χ0v) is 6.53. The Bertz CT molecular complexity index is 115. The van der Waals surface area contributed by atoms with Crippen molar-refractivity contribution < 1.29 is 24.8 Å². The van der Waals surface area contributed by atoms with E-state index in [2.05, 4.69) is 15.6 Å². The molecule has 0 aromatic carbocycles. The fraction of sp³-hybridized carbons (Fsp3) is 0.250. The van der Waals surface area contributed by atoms with Crippen LogP contribution >= 0.6 is 0 Å². The van der Waals surface area contributed by atoms with Gasteiger partial charge < -0.3 is 9.40 Å². The minimum atomic E-state index is 0. The number of hydrogen-bond donors (Lipinski definition) is 0. The zero-order chi connectivity index (χ0) is 4.41. The Morgan fingerprint density at radius 2 is 2.57 bits per heavy atom. The van der Waals surface area contributed by atoms with E-state index in [1.54, 1.807) is 6.92 Å². The summed E-state index contributed by atoms with van der Waals surface area (Å²) in [5.74, 6) is 0.731. The fourth-order valence-corrected chi connectivity index (χ4v) is 0.249. The molecule has 1 radical (unpaired) electrons. The smallest absolute Gasteiger partial charge is 0.0221 e. The Hall–Kier alpha value is -0.128. The van der Waals surface area contributed by atoms with Crippen LogP contribution in [0.15, 0.2) is 10.8 Å². The standard InChI is InChI=1S/C4H4NO.Re/c1-4-2-5-3-6-4;/h3H,1H3;/q-1;. The molecular formula is C4H4NORe-. The second-order valence-electron chi connectivity index (χ2n) is 1.02. The van der Waals surface area contributed by atoms with Crippen molar-refractivity contribution in [2.24, 2.45) is 0 Å². The molecule has 0 bridgehead atoms. The molecule has 0 saturated carbocycles. The first-order valence-corrected chi connectivity index (χ1v) is 1.67. The molecule has 39 valence electrons. The molecule has 0 aliphatic rings. The van der Waals surface area contributed by atoms with Crippen molar-refractivity contribution in [3.63, 3.8) is 0 Å². The topological polar surface area (TPSA) is 26.0 Å². The monoisotopic (exact) mass is 269 g/mol. The van der Waals surface area contributed by atoms with Gasteiger partial charge in [-0.25, -0.2) is 0 Å². The van der Waals surface area contributed by atoms with Crippen LogP contribution in [0.5, 0.6) is 0 Å². The van der Waals surface area contributed by atoms with Crippen LogP contribution in [-0.2, 0) is 20.4 Å². The molecule has 0 spiro atoms. The first-order chi connectivity index (χ1) is 2.89. The summed E-state index contributed by atoms with van der Waals surface area (Å²) in [6, 6.07) is 0. The maximum Gasteiger partial charge on any atom is 0.0221 e. The van der Waals surface area contributed by atoms with Crippen molar-refractivity contribution in [1.29, 1.82) is 0 Å². The van der Waals surface area contributed by atoms with Gasteiger partial charge in [-0.2, -0.15) is 0 Å². The molecule has 0 aliphatic carbocycles. The van der Waals surface area contributed by atoms with Gasteiger partial charge in [-0.3, -0.25) is 0 Å². The van der Waals surface area contributed by atoms with Gasteiger partial charge in [-0.15, -0.1) is 6.20 Å². The van der Waals surface area contributed by atoms with Crippen LogP contribution in [-0.4, -0.2) is 4.98 Å². The molecule has 0 saturated heterocycles. The Kier molecular flexibility index (Phi) is 2.90. The van der Waals surface area contributed by atoms with Crippen molar-refractivity contribution in [3.8, 4) is 0 Å². The summed E-state index contributed by atoms with van der Waals surface area (Å²) in [7, 11) is 0. The Labute approximate surface area is 55.6 Å². The summed E-state index contributed by atoms with van der Waals surface area (Å²) < 4.78 is 4.67. The van der Waals surface area contributed by atoms with E-state index in [0.29, 0.717) is 0 Å². The van der Waals surface area contributed by atoms with E-state index in [1.807, 2.05) is 0 Å². The average molecular weight is 268 g/mol. The second kappa shape index (κ2) is 2.95. The van der Waals surface area contributed by atoms with E-state index in [4.69, 9.17) is 0 Å². The molecule has 0 aliphatic heterocycles. The molecule has 1 heterocycles. The summed E-state index contributed by atoms with van der Waals surface area (Å²) in [6.07, 6.45) is 3.94. The van der Waals surface area contributed by atoms with Crippen LogP contribution in [0.4, 0.5) is 0 Å². The second-order valence-corrected chi connectivity index (χ2v) is 1.02. The van der Waals surface area contributed by atoms with Crippen molar-refractivity contribution >= 4 is 0 Å². The van der Waals surface area contributed by atoms with Crippen molar-refractivity contribution in [3.05, 3.63) is 18.4 Å². The normalized spacial score (nSPS) is 7.57. The molecule has 7 heavy (non-hydrogen) atoms. The van der Waals surface area contributed by atoms with Crippen LogP contribution in [0.2, 0.25) is 0 Å². The van der Waals surface area contributed by atoms with Gasteiger partial charge in [0.15, 0.2) is 0 Å². The van der Waals surface area contributed by atoms with Gasteiger partial charge >= 0.3 is 0 Å². The van der Waals surface area contributed by atoms with Crippen molar-refractivity contribution in [2.45, 2.75) is 6.92 Å². The van der Waals surface area contributed by atoms with Crippen LogP contribution in [0.3, 0.4) is 0 Å². The molecule has 0 fully saturated rings. The maximum absolute atomic E-state index is 4.67. The Morgan fingerprint density at radius 3 is 2.71 bits per heavy atom. The number of oxazole rings is 1. The first kappa shape index (κ1) is 6.87. The Balaban J connectivity index is 0.000000360. The molecule has 1 aromatic heterocycles. The van der Waals surface area contributed by atoms with Gasteiger partial charge in [0.05, 0.1) is 0 Å². The van der Waals surface area contributed by atoms with Gasteiger partial charge in [0.2, 0.25) is 0 Å². The van der Waals surface area contributed by atoms with Crippen LogP contribution in [0.25, 0.3) is 0 Å². The predicted molar refractivity (Wildman–Crippen MR) is 20.1 cm³/mol. The molecule has 2 nitrogen and oxygen atoms in total. The molecule has 3 heteroatoms. The van der Waals surface area contributed by atoms with E-state index in [0.717, 1.165) is 5.76 Å².